The molecule has 0 unspecified atom stereocenters. The smallest absolute Gasteiger partial charge is 0.195 e. The van der Waals surface area contributed by atoms with Crippen LogP contribution in [0, 0.1) is 0 Å². The molecule has 1 aliphatic heterocycles. The lowest BCUT2D eigenvalue weighted by Gasteiger charge is -2.16. The van der Waals surface area contributed by atoms with Crippen molar-refractivity contribution < 1.29 is 13.5 Å². The molecule has 1 aliphatic rings. The normalized spacial score (nSPS) is 15.8. The third-order valence-electron chi connectivity index (χ3n) is 3.03. The van der Waals surface area contributed by atoms with E-state index in [4.69, 9.17) is 23.2 Å². The Morgan fingerprint density at radius 2 is 1.74 bits per heavy atom. The minimum Gasteiger partial charge on any atom is -0.507 e. The van der Waals surface area contributed by atoms with Crippen LogP contribution in [0.1, 0.15) is 0 Å². The van der Waals surface area contributed by atoms with Gasteiger partial charge in [-0.25, -0.2) is 8.42 Å². The number of halogens is 2. The van der Waals surface area contributed by atoms with E-state index in [0.717, 1.165) is 10.8 Å². The van der Waals surface area contributed by atoms with E-state index >= 15 is 0 Å². The van der Waals surface area contributed by atoms with Crippen molar-refractivity contribution in [1.82, 2.24) is 10.2 Å². The second kappa shape index (κ2) is 5.84. The molecule has 2 aromatic rings. The van der Waals surface area contributed by atoms with E-state index in [2.05, 4.69) is 10.2 Å². The lowest BCUT2D eigenvalue weighted by Crippen LogP contribution is -2.14. The minimum absolute atomic E-state index is 0.103. The molecule has 0 saturated carbocycles. The molecule has 23 heavy (non-hydrogen) atoms. The van der Waals surface area contributed by atoms with Gasteiger partial charge in [0.05, 0.1) is 27.1 Å². The van der Waals surface area contributed by atoms with Crippen molar-refractivity contribution in [2.24, 2.45) is 0 Å². The SMILES string of the molecule is O=S1(=O)C=CN(c2ccc(-c3c(O)cc(Cl)cc3Cl)nn2)C=C1. The molecule has 0 aliphatic carbocycles. The van der Waals surface area contributed by atoms with Crippen molar-refractivity contribution in [3.8, 4) is 17.0 Å². The summed E-state index contributed by atoms with van der Waals surface area (Å²) in [6.45, 7) is 0. The number of anilines is 1. The zero-order chi connectivity index (χ0) is 16.6. The Balaban J connectivity index is 1.94. The van der Waals surface area contributed by atoms with Crippen molar-refractivity contribution in [2.75, 3.05) is 4.90 Å². The molecular formula is C14H9Cl2N3O3S. The summed E-state index contributed by atoms with van der Waals surface area (Å²) in [4.78, 5) is 1.50. The van der Waals surface area contributed by atoms with E-state index in [9.17, 15) is 13.5 Å². The Hall–Kier alpha value is -2.09. The molecule has 3 rings (SSSR count). The van der Waals surface area contributed by atoms with Crippen molar-refractivity contribution in [3.05, 3.63) is 57.5 Å². The highest BCUT2D eigenvalue weighted by atomic mass is 35.5. The molecule has 0 saturated heterocycles. The van der Waals surface area contributed by atoms with Gasteiger partial charge in [-0.1, -0.05) is 23.2 Å². The number of aromatic nitrogens is 2. The first-order chi connectivity index (χ1) is 10.9. The van der Waals surface area contributed by atoms with E-state index in [0.29, 0.717) is 22.1 Å². The molecule has 0 atom stereocenters. The van der Waals surface area contributed by atoms with E-state index in [1.165, 1.54) is 29.4 Å². The van der Waals surface area contributed by atoms with Crippen LogP contribution in [0.3, 0.4) is 0 Å². The third kappa shape index (κ3) is 3.31. The van der Waals surface area contributed by atoms with Crippen molar-refractivity contribution in [3.63, 3.8) is 0 Å². The molecule has 0 fully saturated rings. The van der Waals surface area contributed by atoms with Crippen LogP contribution in [0.5, 0.6) is 5.75 Å². The molecule has 0 bridgehead atoms. The summed E-state index contributed by atoms with van der Waals surface area (Å²) in [6.07, 6.45) is 2.73. The second-order valence-electron chi connectivity index (χ2n) is 4.63. The number of aromatic hydroxyl groups is 1. The zero-order valence-electron chi connectivity index (χ0n) is 11.4. The third-order valence-corrected chi connectivity index (χ3v) is 4.55. The largest absolute Gasteiger partial charge is 0.507 e. The maximum absolute atomic E-state index is 11.3. The van der Waals surface area contributed by atoms with Gasteiger partial charge >= 0.3 is 0 Å². The average Bonchev–Trinajstić information content (AvgIpc) is 2.47. The molecule has 0 amide bonds. The monoisotopic (exact) mass is 369 g/mol. The summed E-state index contributed by atoms with van der Waals surface area (Å²) in [5.74, 6) is 0.314. The summed E-state index contributed by atoms with van der Waals surface area (Å²) in [5, 5.41) is 20.7. The number of rotatable bonds is 2. The van der Waals surface area contributed by atoms with Gasteiger partial charge in [-0.05, 0) is 24.3 Å². The summed E-state index contributed by atoms with van der Waals surface area (Å²) in [5.41, 5.74) is 0.688. The number of benzene rings is 1. The maximum atomic E-state index is 11.3. The first-order valence-corrected chi connectivity index (χ1v) is 8.64. The molecule has 1 N–H and O–H groups in total. The lowest BCUT2D eigenvalue weighted by atomic mass is 10.1. The van der Waals surface area contributed by atoms with Crippen LogP contribution in [-0.4, -0.2) is 23.7 Å². The van der Waals surface area contributed by atoms with E-state index in [-0.39, 0.29) is 10.8 Å². The molecule has 0 radical (unpaired) electrons. The summed E-state index contributed by atoms with van der Waals surface area (Å²) in [6, 6.07) is 6.09. The molecule has 118 valence electrons. The highest BCUT2D eigenvalue weighted by molar-refractivity contribution is 7.97. The first-order valence-electron chi connectivity index (χ1n) is 6.28. The van der Waals surface area contributed by atoms with Crippen LogP contribution in [0.25, 0.3) is 11.3 Å². The Morgan fingerprint density at radius 1 is 1.04 bits per heavy atom. The highest BCUT2D eigenvalue weighted by Gasteiger charge is 2.15. The molecule has 9 heteroatoms. The number of sulfone groups is 1. The lowest BCUT2D eigenvalue weighted by molar-refractivity contribution is 0.477. The number of hydrogen-bond donors (Lipinski definition) is 1. The van der Waals surface area contributed by atoms with Crippen LogP contribution in [0.2, 0.25) is 10.0 Å². The molecule has 0 spiro atoms. The summed E-state index contributed by atoms with van der Waals surface area (Å²) in [7, 11) is -3.30. The van der Waals surface area contributed by atoms with Crippen LogP contribution in [0.4, 0.5) is 5.82 Å². The number of phenols is 1. The Bertz CT molecular complexity index is 882. The van der Waals surface area contributed by atoms with Gasteiger partial charge in [0, 0.05) is 17.4 Å². The second-order valence-corrected chi connectivity index (χ2v) is 7.19. The standard InChI is InChI=1S/C14H9Cl2N3O3S/c15-9-7-10(16)14(12(20)8-9)11-1-2-13(18-17-11)19-3-5-23(21,22)6-4-19/h1-8,20H. The maximum Gasteiger partial charge on any atom is 0.195 e. The quantitative estimate of drug-likeness (QED) is 0.873. The predicted octanol–water partition coefficient (Wildman–Crippen LogP) is 3.33. The van der Waals surface area contributed by atoms with Crippen molar-refractivity contribution in [2.45, 2.75) is 0 Å². The summed E-state index contributed by atoms with van der Waals surface area (Å²) < 4.78 is 22.6. The predicted molar refractivity (Wildman–Crippen MR) is 88.8 cm³/mol. The fourth-order valence-corrected chi connectivity index (χ4v) is 3.23. The van der Waals surface area contributed by atoms with Gasteiger partial charge in [0.2, 0.25) is 0 Å². The summed E-state index contributed by atoms with van der Waals surface area (Å²) >= 11 is 11.9. The fraction of sp³-hybridized carbons (Fsp3) is 0. The average molecular weight is 370 g/mol. The van der Waals surface area contributed by atoms with Gasteiger partial charge in [-0.15, -0.1) is 10.2 Å². The van der Waals surface area contributed by atoms with Gasteiger partial charge in [0.25, 0.3) is 0 Å². The fourth-order valence-electron chi connectivity index (χ4n) is 1.96. The first kappa shape index (κ1) is 15.8. The molecular weight excluding hydrogens is 361 g/mol. The van der Waals surface area contributed by atoms with Crippen LogP contribution in [-0.2, 0) is 9.84 Å². The van der Waals surface area contributed by atoms with Gasteiger partial charge in [-0.2, -0.15) is 0 Å². The Kier molecular flexibility index (Phi) is 4.01. The van der Waals surface area contributed by atoms with Crippen LogP contribution in [0.15, 0.2) is 47.5 Å². The van der Waals surface area contributed by atoms with E-state index in [1.807, 2.05) is 0 Å². The van der Waals surface area contributed by atoms with E-state index in [1.54, 1.807) is 12.1 Å². The topological polar surface area (TPSA) is 83.4 Å². The molecule has 1 aromatic heterocycles. The van der Waals surface area contributed by atoms with Crippen molar-refractivity contribution in [1.29, 1.82) is 0 Å². The van der Waals surface area contributed by atoms with Crippen molar-refractivity contribution >= 4 is 38.9 Å². The van der Waals surface area contributed by atoms with Gasteiger partial charge in [-0.3, -0.25) is 0 Å². The highest BCUT2D eigenvalue weighted by Crippen LogP contribution is 2.37. The molecule has 2 heterocycles. The van der Waals surface area contributed by atoms with Crippen LogP contribution >= 0.6 is 23.2 Å². The van der Waals surface area contributed by atoms with Crippen LogP contribution < -0.4 is 4.90 Å². The Morgan fingerprint density at radius 3 is 2.30 bits per heavy atom. The number of nitrogens with zero attached hydrogens (tertiary/aromatic N) is 3. The van der Waals surface area contributed by atoms with Gasteiger partial charge in [0.1, 0.15) is 5.75 Å². The molecule has 6 nitrogen and oxygen atoms in total. The minimum atomic E-state index is -3.30. The number of hydrogen-bond acceptors (Lipinski definition) is 6. The Labute approximate surface area is 142 Å². The number of phenolic OH excluding ortho intramolecular Hbond substituents is 1. The van der Waals surface area contributed by atoms with E-state index < -0.39 is 9.84 Å². The van der Waals surface area contributed by atoms with Gasteiger partial charge in [0.15, 0.2) is 15.7 Å². The zero-order valence-corrected chi connectivity index (χ0v) is 13.7. The molecule has 1 aromatic carbocycles. The van der Waals surface area contributed by atoms with Gasteiger partial charge < -0.3 is 10.0 Å².